The molecule has 1 N–H and O–H groups in total. The van der Waals surface area contributed by atoms with Gasteiger partial charge in [0.25, 0.3) is 0 Å². The van der Waals surface area contributed by atoms with Gasteiger partial charge in [-0.25, -0.2) is 0 Å². The number of ether oxygens (including phenoxy) is 1. The van der Waals surface area contributed by atoms with Gasteiger partial charge in [0.15, 0.2) is 0 Å². The highest BCUT2D eigenvalue weighted by atomic mass is 16.5. The average Bonchev–Trinajstić information content (AvgIpc) is 2.11. The summed E-state index contributed by atoms with van der Waals surface area (Å²) in [6.07, 6.45) is 1.25. The Morgan fingerprint density at radius 1 is 1.08 bits per heavy atom. The zero-order valence-corrected chi connectivity index (χ0v) is 9.74. The minimum Gasteiger partial charge on any atom is -0.383 e. The van der Waals surface area contributed by atoms with Gasteiger partial charge in [0.2, 0.25) is 0 Å². The fourth-order valence-electron chi connectivity index (χ4n) is 0.351. The molecule has 0 radical (unpaired) electrons. The number of rotatable bonds is 4. The van der Waals surface area contributed by atoms with Crippen molar-refractivity contribution in [2.24, 2.45) is 0 Å². The van der Waals surface area contributed by atoms with Crippen molar-refractivity contribution >= 4 is 0 Å². The second-order valence-corrected chi connectivity index (χ2v) is 2.05. The van der Waals surface area contributed by atoms with E-state index in [0.29, 0.717) is 0 Å². The zero-order chi connectivity index (χ0) is 10.2. The van der Waals surface area contributed by atoms with Crippen LogP contribution >= 0.6 is 0 Å². The fourth-order valence-corrected chi connectivity index (χ4v) is 0.351. The van der Waals surface area contributed by atoms with Gasteiger partial charge in [-0.15, -0.1) is 0 Å². The molecule has 0 amide bonds. The Labute approximate surface area is 78.7 Å². The highest BCUT2D eigenvalue weighted by molar-refractivity contribution is 4.36. The van der Waals surface area contributed by atoms with Crippen molar-refractivity contribution in [2.45, 2.75) is 41.0 Å². The summed E-state index contributed by atoms with van der Waals surface area (Å²) >= 11 is 0. The third-order valence-electron chi connectivity index (χ3n) is 0.733. The monoisotopic (exact) mass is 177 g/mol. The zero-order valence-electron chi connectivity index (χ0n) is 9.74. The first kappa shape index (κ1) is 17.9. The summed E-state index contributed by atoms with van der Waals surface area (Å²) in [5.74, 6) is 0. The fraction of sp³-hybridized carbons (Fsp3) is 1.00. The van der Waals surface area contributed by atoms with Gasteiger partial charge in [-0.3, -0.25) is 0 Å². The molecule has 0 spiro atoms. The van der Waals surface area contributed by atoms with Crippen LogP contribution in [-0.2, 0) is 4.74 Å². The lowest BCUT2D eigenvalue weighted by atomic mass is 10.6. The van der Waals surface area contributed by atoms with Crippen LogP contribution in [0.25, 0.3) is 0 Å². The smallest absolute Gasteiger partial charge is 0.0587 e. The van der Waals surface area contributed by atoms with E-state index in [0.717, 1.165) is 19.7 Å². The average molecular weight is 177 g/mol. The molecule has 0 aromatic heterocycles. The molecule has 0 rings (SSSR count). The number of methoxy groups -OCH3 is 1. The third kappa shape index (κ3) is 51.4. The Morgan fingerprint density at radius 2 is 1.50 bits per heavy atom. The summed E-state index contributed by atoms with van der Waals surface area (Å²) in [5, 5.41) is 3.12. The lowest BCUT2D eigenvalue weighted by molar-refractivity contribution is 0.200. The van der Waals surface area contributed by atoms with Gasteiger partial charge in [0.05, 0.1) is 6.61 Å². The van der Waals surface area contributed by atoms with Crippen molar-refractivity contribution in [2.75, 3.05) is 26.8 Å². The van der Waals surface area contributed by atoms with E-state index in [1.165, 1.54) is 6.42 Å². The molecule has 0 aromatic carbocycles. The first-order valence-corrected chi connectivity index (χ1v) is 5.03. The summed E-state index contributed by atoms with van der Waals surface area (Å²) in [7, 11) is 1.71. The highest BCUT2D eigenvalue weighted by Crippen LogP contribution is 1.61. The number of hydrogen-bond acceptors (Lipinski definition) is 2. The molecular weight excluding hydrogens is 150 g/mol. The Bertz CT molecular complexity index is 36.8. The lowest BCUT2D eigenvalue weighted by Gasteiger charge is -1.96. The van der Waals surface area contributed by atoms with E-state index < -0.39 is 0 Å². The van der Waals surface area contributed by atoms with E-state index in [1.54, 1.807) is 7.11 Å². The van der Waals surface area contributed by atoms with E-state index >= 15 is 0 Å². The Kier molecular flexibility index (Phi) is 45.6. The molecule has 78 valence electrons. The van der Waals surface area contributed by atoms with E-state index in [4.69, 9.17) is 4.74 Å². The second-order valence-electron chi connectivity index (χ2n) is 2.05. The molecule has 0 fully saturated rings. The molecule has 0 aromatic rings. The predicted octanol–water partition coefficient (Wildman–Crippen LogP) is 2.68. The maximum Gasteiger partial charge on any atom is 0.0587 e. The number of hydrogen-bond donors (Lipinski definition) is 1. The molecule has 0 aliphatic carbocycles. The van der Waals surface area contributed by atoms with Gasteiger partial charge < -0.3 is 10.1 Å². The Balaban J connectivity index is -0.000000137. The van der Waals surface area contributed by atoms with E-state index in [1.807, 2.05) is 13.8 Å². The Hall–Kier alpha value is -0.0800. The molecule has 2 heteroatoms. The highest BCUT2D eigenvalue weighted by Gasteiger charge is 1.76. The molecule has 0 bridgehead atoms. The third-order valence-corrected chi connectivity index (χ3v) is 0.733. The molecule has 0 heterocycles. The van der Waals surface area contributed by atoms with Gasteiger partial charge in [-0.2, -0.15) is 0 Å². The molecule has 0 atom stereocenters. The van der Waals surface area contributed by atoms with Crippen molar-refractivity contribution in [3.63, 3.8) is 0 Å². The first-order valence-electron chi connectivity index (χ1n) is 5.03. The summed E-state index contributed by atoms with van der Waals surface area (Å²) < 4.78 is 4.78. The van der Waals surface area contributed by atoms with Gasteiger partial charge in [0.1, 0.15) is 0 Å². The van der Waals surface area contributed by atoms with E-state index in [2.05, 4.69) is 26.1 Å². The molecule has 0 saturated carbocycles. The van der Waals surface area contributed by atoms with Gasteiger partial charge in [0, 0.05) is 13.7 Å². The maximum absolute atomic E-state index is 4.78. The summed E-state index contributed by atoms with van der Waals surface area (Å²) in [5.41, 5.74) is 0. The van der Waals surface area contributed by atoms with Crippen molar-refractivity contribution < 1.29 is 4.74 Å². The predicted molar refractivity (Wildman–Crippen MR) is 57.7 cm³/mol. The van der Waals surface area contributed by atoms with E-state index in [9.17, 15) is 0 Å². The van der Waals surface area contributed by atoms with Crippen molar-refractivity contribution in [3.8, 4) is 0 Å². The van der Waals surface area contributed by atoms with Gasteiger partial charge >= 0.3 is 0 Å². The normalized spacial score (nSPS) is 7.50. The molecular formula is C10H27NO. The van der Waals surface area contributed by atoms with Crippen LogP contribution in [0.2, 0.25) is 0 Å². The van der Waals surface area contributed by atoms with Crippen molar-refractivity contribution in [3.05, 3.63) is 0 Å². The topological polar surface area (TPSA) is 21.3 Å². The minimum absolute atomic E-state index is 0.813. The van der Waals surface area contributed by atoms with Crippen LogP contribution in [0.4, 0.5) is 0 Å². The summed E-state index contributed by atoms with van der Waals surface area (Å²) in [4.78, 5) is 0. The Morgan fingerprint density at radius 3 is 1.75 bits per heavy atom. The molecule has 0 aliphatic rings. The first-order chi connectivity index (χ1) is 5.83. The SMILES string of the molecule is CC.CCC.CCNCCOC. The van der Waals surface area contributed by atoms with Crippen LogP contribution in [0.1, 0.15) is 41.0 Å². The molecule has 12 heavy (non-hydrogen) atoms. The molecule has 0 unspecified atom stereocenters. The van der Waals surface area contributed by atoms with Crippen molar-refractivity contribution in [1.82, 2.24) is 5.32 Å². The van der Waals surface area contributed by atoms with Gasteiger partial charge in [-0.1, -0.05) is 41.0 Å². The van der Waals surface area contributed by atoms with Crippen LogP contribution in [-0.4, -0.2) is 26.8 Å². The van der Waals surface area contributed by atoms with Crippen LogP contribution < -0.4 is 5.32 Å². The van der Waals surface area contributed by atoms with E-state index in [-0.39, 0.29) is 0 Å². The number of nitrogens with one attached hydrogen (secondary N) is 1. The largest absolute Gasteiger partial charge is 0.383 e. The van der Waals surface area contributed by atoms with Crippen LogP contribution in [0, 0.1) is 0 Å². The second kappa shape index (κ2) is 30.7. The maximum atomic E-state index is 4.78. The summed E-state index contributed by atoms with van der Waals surface area (Å²) in [6, 6.07) is 0. The quantitative estimate of drug-likeness (QED) is 0.667. The van der Waals surface area contributed by atoms with Crippen molar-refractivity contribution in [1.29, 1.82) is 0 Å². The number of likely N-dealkylation sites (N-methyl/N-ethyl adjacent to an activating group) is 1. The van der Waals surface area contributed by atoms with Gasteiger partial charge in [-0.05, 0) is 6.54 Å². The molecule has 2 nitrogen and oxygen atoms in total. The van der Waals surface area contributed by atoms with Crippen LogP contribution in [0.15, 0.2) is 0 Å². The molecule has 0 aliphatic heterocycles. The van der Waals surface area contributed by atoms with Crippen LogP contribution in [0.3, 0.4) is 0 Å². The minimum atomic E-state index is 0.813. The molecule has 0 saturated heterocycles. The standard InChI is InChI=1S/C5H13NO.C3H8.C2H6/c1-3-6-4-5-7-2;1-3-2;1-2/h6H,3-5H2,1-2H3;3H2,1-2H3;1-2H3. The summed E-state index contributed by atoms with van der Waals surface area (Å²) in [6.45, 7) is 13.1. The lowest BCUT2D eigenvalue weighted by Crippen LogP contribution is -2.17. The van der Waals surface area contributed by atoms with Crippen LogP contribution in [0.5, 0.6) is 0 Å².